The van der Waals surface area contributed by atoms with Crippen molar-refractivity contribution in [3.05, 3.63) is 28.2 Å². The van der Waals surface area contributed by atoms with Crippen LogP contribution in [0.25, 0.3) is 0 Å². The van der Waals surface area contributed by atoms with E-state index in [0.29, 0.717) is 26.2 Å². The van der Waals surface area contributed by atoms with Gasteiger partial charge < -0.3 is 10.4 Å². The molecule has 2 rings (SSSR count). The van der Waals surface area contributed by atoms with Crippen LogP contribution in [0.1, 0.15) is 11.6 Å². The van der Waals surface area contributed by atoms with E-state index in [2.05, 4.69) is 21.2 Å². The van der Waals surface area contributed by atoms with E-state index in [9.17, 15) is 18.3 Å². The SMILES string of the molecule is Oc1c(Br)cccc1[C@@H](N1CCNCC1)C(F)(F)F. The molecule has 0 saturated carbocycles. The highest BCUT2D eigenvalue weighted by Gasteiger charge is 2.46. The van der Waals surface area contributed by atoms with E-state index < -0.39 is 12.2 Å². The topological polar surface area (TPSA) is 35.5 Å². The molecule has 106 valence electrons. The van der Waals surface area contributed by atoms with Gasteiger partial charge in [0.25, 0.3) is 0 Å². The Morgan fingerprint density at radius 2 is 1.89 bits per heavy atom. The third-order valence-electron chi connectivity index (χ3n) is 3.14. The van der Waals surface area contributed by atoms with Crippen molar-refractivity contribution in [1.29, 1.82) is 0 Å². The average Bonchev–Trinajstić information content (AvgIpc) is 2.35. The zero-order valence-corrected chi connectivity index (χ0v) is 11.6. The minimum absolute atomic E-state index is 0.108. The molecule has 1 aromatic rings. The number of nitrogens with one attached hydrogen (secondary N) is 1. The predicted octanol–water partition coefficient (Wildman–Crippen LogP) is 2.66. The maximum absolute atomic E-state index is 13.3. The molecule has 0 aromatic heterocycles. The summed E-state index contributed by atoms with van der Waals surface area (Å²) in [5, 5.41) is 12.9. The van der Waals surface area contributed by atoms with Crippen LogP contribution < -0.4 is 5.32 Å². The fourth-order valence-corrected chi connectivity index (χ4v) is 2.65. The minimum Gasteiger partial charge on any atom is -0.506 e. The number of halogens is 4. The predicted molar refractivity (Wildman–Crippen MR) is 69.0 cm³/mol. The fourth-order valence-electron chi connectivity index (χ4n) is 2.27. The van der Waals surface area contributed by atoms with Crippen molar-refractivity contribution in [3.8, 4) is 5.75 Å². The molecule has 19 heavy (non-hydrogen) atoms. The molecule has 1 saturated heterocycles. The van der Waals surface area contributed by atoms with Gasteiger partial charge >= 0.3 is 6.18 Å². The lowest BCUT2D eigenvalue weighted by Crippen LogP contribution is -2.49. The summed E-state index contributed by atoms with van der Waals surface area (Å²) in [6.45, 7) is 1.63. The van der Waals surface area contributed by atoms with E-state index in [0.717, 1.165) is 0 Å². The lowest BCUT2D eigenvalue weighted by Gasteiger charge is -2.36. The highest BCUT2D eigenvalue weighted by molar-refractivity contribution is 9.10. The molecule has 0 spiro atoms. The first-order chi connectivity index (χ1) is 8.91. The van der Waals surface area contributed by atoms with E-state index in [4.69, 9.17) is 0 Å². The van der Waals surface area contributed by atoms with E-state index in [1.165, 1.54) is 23.1 Å². The Morgan fingerprint density at radius 3 is 2.47 bits per heavy atom. The second-order valence-corrected chi connectivity index (χ2v) is 5.26. The first kappa shape index (κ1) is 14.6. The maximum Gasteiger partial charge on any atom is 0.408 e. The van der Waals surface area contributed by atoms with Crippen LogP contribution in [0.4, 0.5) is 13.2 Å². The highest BCUT2D eigenvalue weighted by atomic mass is 79.9. The zero-order chi connectivity index (χ0) is 14.0. The van der Waals surface area contributed by atoms with Gasteiger partial charge in [-0.15, -0.1) is 0 Å². The third kappa shape index (κ3) is 3.21. The number of alkyl halides is 3. The van der Waals surface area contributed by atoms with Gasteiger partial charge in [0.15, 0.2) is 0 Å². The lowest BCUT2D eigenvalue weighted by molar-refractivity contribution is -0.188. The van der Waals surface area contributed by atoms with Gasteiger partial charge in [-0.1, -0.05) is 12.1 Å². The first-order valence-corrected chi connectivity index (χ1v) is 6.69. The number of piperazine rings is 1. The second kappa shape index (κ2) is 5.68. The van der Waals surface area contributed by atoms with E-state index in [-0.39, 0.29) is 15.8 Å². The standard InChI is InChI=1S/C12H14BrF3N2O/c13-9-3-1-2-8(10(9)19)11(12(14,15)16)18-6-4-17-5-7-18/h1-3,11,17,19H,4-7H2/t11-/m1/s1. The molecule has 1 atom stereocenters. The summed E-state index contributed by atoms with van der Waals surface area (Å²) in [7, 11) is 0. The van der Waals surface area contributed by atoms with Crippen molar-refractivity contribution in [2.24, 2.45) is 0 Å². The molecule has 7 heteroatoms. The Balaban J connectivity index is 2.40. The van der Waals surface area contributed by atoms with Crippen molar-refractivity contribution in [2.75, 3.05) is 26.2 Å². The van der Waals surface area contributed by atoms with Crippen molar-refractivity contribution >= 4 is 15.9 Å². The fraction of sp³-hybridized carbons (Fsp3) is 0.500. The number of rotatable bonds is 2. The molecule has 1 heterocycles. The maximum atomic E-state index is 13.3. The number of hydrogen-bond donors (Lipinski definition) is 2. The molecule has 3 nitrogen and oxygen atoms in total. The van der Waals surface area contributed by atoms with Crippen LogP contribution in [-0.2, 0) is 0 Å². The van der Waals surface area contributed by atoms with Crippen molar-refractivity contribution in [1.82, 2.24) is 10.2 Å². The molecule has 1 aliphatic rings. The smallest absolute Gasteiger partial charge is 0.408 e. The molecule has 1 aliphatic heterocycles. The molecule has 0 amide bonds. The summed E-state index contributed by atoms with van der Waals surface area (Å²) >= 11 is 3.06. The largest absolute Gasteiger partial charge is 0.506 e. The first-order valence-electron chi connectivity index (χ1n) is 5.90. The Bertz CT molecular complexity index is 447. The van der Waals surface area contributed by atoms with Crippen LogP contribution in [0, 0.1) is 0 Å². The number of phenols is 1. The Morgan fingerprint density at radius 1 is 1.26 bits per heavy atom. The van der Waals surface area contributed by atoms with Gasteiger partial charge in [0.05, 0.1) is 4.47 Å². The number of benzene rings is 1. The van der Waals surface area contributed by atoms with Crippen LogP contribution in [0.3, 0.4) is 0 Å². The summed E-state index contributed by atoms with van der Waals surface area (Å²) in [5.41, 5.74) is -0.108. The van der Waals surface area contributed by atoms with E-state index in [1.807, 2.05) is 0 Å². The number of aromatic hydroxyl groups is 1. The molecule has 0 bridgehead atoms. The molecule has 0 aliphatic carbocycles. The molecular weight excluding hydrogens is 325 g/mol. The van der Waals surface area contributed by atoms with Gasteiger partial charge in [-0.2, -0.15) is 13.2 Å². The van der Waals surface area contributed by atoms with Gasteiger partial charge in [-0.3, -0.25) is 4.90 Å². The summed E-state index contributed by atoms with van der Waals surface area (Å²) in [6.07, 6.45) is -4.42. The van der Waals surface area contributed by atoms with Gasteiger partial charge in [-0.25, -0.2) is 0 Å². The van der Waals surface area contributed by atoms with Crippen LogP contribution in [0.5, 0.6) is 5.75 Å². The zero-order valence-electron chi connectivity index (χ0n) is 10.0. The van der Waals surface area contributed by atoms with Crippen molar-refractivity contribution in [3.63, 3.8) is 0 Å². The quantitative estimate of drug-likeness (QED) is 0.870. The summed E-state index contributed by atoms with van der Waals surface area (Å²) in [4.78, 5) is 1.35. The van der Waals surface area contributed by atoms with Crippen molar-refractivity contribution in [2.45, 2.75) is 12.2 Å². The minimum atomic E-state index is -4.42. The molecule has 1 fully saturated rings. The monoisotopic (exact) mass is 338 g/mol. The summed E-state index contributed by atoms with van der Waals surface area (Å²) in [6, 6.07) is 2.57. The lowest BCUT2D eigenvalue weighted by atomic mass is 10.0. The molecule has 0 unspecified atom stereocenters. The average molecular weight is 339 g/mol. The van der Waals surface area contributed by atoms with Gasteiger partial charge in [0.2, 0.25) is 0 Å². The van der Waals surface area contributed by atoms with Gasteiger partial charge in [0.1, 0.15) is 11.8 Å². The van der Waals surface area contributed by atoms with Crippen LogP contribution in [0.2, 0.25) is 0 Å². The molecule has 0 radical (unpaired) electrons. The van der Waals surface area contributed by atoms with Gasteiger partial charge in [-0.05, 0) is 22.0 Å². The van der Waals surface area contributed by atoms with Crippen LogP contribution >= 0.6 is 15.9 Å². The second-order valence-electron chi connectivity index (χ2n) is 4.41. The third-order valence-corrected chi connectivity index (χ3v) is 3.78. The van der Waals surface area contributed by atoms with Gasteiger partial charge in [0, 0.05) is 31.7 Å². The van der Waals surface area contributed by atoms with E-state index >= 15 is 0 Å². The van der Waals surface area contributed by atoms with Crippen molar-refractivity contribution < 1.29 is 18.3 Å². The number of para-hydroxylation sites is 1. The number of phenolic OH excluding ortho intramolecular Hbond substituents is 1. The number of hydrogen-bond acceptors (Lipinski definition) is 3. The highest BCUT2D eigenvalue weighted by Crippen LogP contribution is 2.43. The van der Waals surface area contributed by atoms with Crippen LogP contribution in [0.15, 0.2) is 22.7 Å². The van der Waals surface area contributed by atoms with Crippen LogP contribution in [-0.4, -0.2) is 42.4 Å². The normalized spacial score (nSPS) is 19.4. The Kier molecular flexibility index (Phi) is 4.37. The summed E-state index contributed by atoms with van der Waals surface area (Å²) < 4.78 is 40.2. The molecule has 2 N–H and O–H groups in total. The Labute approximate surface area is 117 Å². The molecular formula is C12H14BrF3N2O. The Hall–Kier alpha value is -0.790. The molecule has 1 aromatic carbocycles. The summed E-state index contributed by atoms with van der Waals surface area (Å²) in [5.74, 6) is -0.344. The van der Waals surface area contributed by atoms with E-state index in [1.54, 1.807) is 0 Å². The number of nitrogens with zero attached hydrogens (tertiary/aromatic N) is 1.